The summed E-state index contributed by atoms with van der Waals surface area (Å²) in [6, 6.07) is 11.6. The molecule has 0 radical (unpaired) electrons. The minimum absolute atomic E-state index is 0.204. The minimum atomic E-state index is -2.87. The molecule has 0 atom stereocenters. The van der Waals surface area contributed by atoms with Gasteiger partial charge < -0.3 is 0 Å². The van der Waals surface area contributed by atoms with Crippen molar-refractivity contribution in [1.29, 1.82) is 0 Å². The molecule has 3 aliphatic carbocycles. The summed E-state index contributed by atoms with van der Waals surface area (Å²) in [6.45, 7) is 0. The third kappa shape index (κ3) is 0.924. The van der Waals surface area contributed by atoms with E-state index in [1.54, 1.807) is 12.1 Å². The Kier molecular flexibility index (Phi) is 1.43. The molecule has 0 unspecified atom stereocenters. The molecule has 0 saturated carbocycles. The molecular formula is C21H10F2. The lowest BCUT2D eigenvalue weighted by atomic mass is 9.95. The van der Waals surface area contributed by atoms with E-state index in [2.05, 4.69) is 12.1 Å². The van der Waals surface area contributed by atoms with E-state index in [0.29, 0.717) is 0 Å². The third-order valence-corrected chi connectivity index (χ3v) is 6.15. The molecule has 0 N–H and O–H groups in total. The van der Waals surface area contributed by atoms with Crippen molar-refractivity contribution in [2.45, 2.75) is 18.8 Å². The van der Waals surface area contributed by atoms with E-state index in [-0.39, 0.29) is 11.1 Å². The topological polar surface area (TPSA) is 0 Å². The molecule has 0 nitrogen and oxygen atoms in total. The predicted molar refractivity (Wildman–Crippen MR) is 87.6 cm³/mol. The predicted octanol–water partition coefficient (Wildman–Crippen LogP) is 5.41. The van der Waals surface area contributed by atoms with Crippen LogP contribution in [-0.4, -0.2) is 0 Å². The van der Waals surface area contributed by atoms with Crippen LogP contribution in [0.3, 0.4) is 0 Å². The highest BCUT2D eigenvalue weighted by atomic mass is 19.3. The second-order valence-electron chi connectivity index (χ2n) is 7.11. The van der Waals surface area contributed by atoms with E-state index < -0.39 is 5.92 Å². The average molecular weight is 300 g/mol. The monoisotopic (exact) mass is 300 g/mol. The molecule has 7 rings (SSSR count). The minimum Gasteiger partial charge on any atom is -0.196 e. The van der Waals surface area contributed by atoms with Gasteiger partial charge in [-0.3, -0.25) is 0 Å². The highest BCUT2D eigenvalue weighted by Crippen LogP contribution is 2.58. The molecule has 0 saturated heterocycles. The van der Waals surface area contributed by atoms with Gasteiger partial charge in [-0.1, -0.05) is 36.4 Å². The third-order valence-electron chi connectivity index (χ3n) is 6.15. The first-order valence-corrected chi connectivity index (χ1v) is 8.02. The van der Waals surface area contributed by atoms with Crippen LogP contribution in [0.15, 0.2) is 36.4 Å². The van der Waals surface area contributed by atoms with Crippen molar-refractivity contribution in [3.8, 4) is 0 Å². The van der Waals surface area contributed by atoms with Gasteiger partial charge in [0.15, 0.2) is 0 Å². The summed E-state index contributed by atoms with van der Waals surface area (Å²) >= 11 is 0. The highest BCUT2D eigenvalue weighted by Gasteiger charge is 2.45. The molecule has 4 aromatic rings. The van der Waals surface area contributed by atoms with E-state index in [4.69, 9.17) is 0 Å². The van der Waals surface area contributed by atoms with E-state index in [1.807, 2.05) is 12.1 Å². The fraction of sp³-hybridized carbons (Fsp3) is 0.143. The summed E-state index contributed by atoms with van der Waals surface area (Å²) in [5, 5.41) is 6.33. The summed E-state index contributed by atoms with van der Waals surface area (Å²) < 4.78 is 30.1. The van der Waals surface area contributed by atoms with Gasteiger partial charge in [-0.25, -0.2) is 0 Å². The van der Waals surface area contributed by atoms with Crippen molar-refractivity contribution >= 4 is 32.3 Å². The summed E-state index contributed by atoms with van der Waals surface area (Å²) in [7, 11) is 0. The van der Waals surface area contributed by atoms with Gasteiger partial charge in [0, 0.05) is 21.9 Å². The smallest absolute Gasteiger partial charge is 0.196 e. The normalized spacial score (nSPS) is 18.0. The molecule has 0 aromatic heterocycles. The number of rotatable bonds is 0. The number of benzene rings is 4. The molecule has 3 aliphatic rings. The standard InChI is InChI=1S/C21H10F2/c22-21(23)13-5-3-11-7-9-1-2-10-8-12-4-6-14(21)20-18(12)16(10)15(9)17(11)19(13)20/h1-6H,7-8H2. The Balaban J connectivity index is 2.00. The molecule has 108 valence electrons. The molecule has 0 amide bonds. The van der Waals surface area contributed by atoms with Crippen LogP contribution in [-0.2, 0) is 18.8 Å². The fourth-order valence-corrected chi connectivity index (χ4v) is 5.31. The molecule has 23 heavy (non-hydrogen) atoms. The Morgan fingerprint density at radius 2 is 0.870 bits per heavy atom. The number of alkyl halides is 2. The van der Waals surface area contributed by atoms with Gasteiger partial charge in [0.1, 0.15) is 0 Å². The Bertz CT molecular complexity index is 1180. The number of hydrogen-bond acceptors (Lipinski definition) is 0. The van der Waals surface area contributed by atoms with Crippen molar-refractivity contribution < 1.29 is 8.78 Å². The van der Waals surface area contributed by atoms with Crippen LogP contribution in [0.5, 0.6) is 0 Å². The van der Waals surface area contributed by atoms with E-state index >= 15 is 8.78 Å². The van der Waals surface area contributed by atoms with Gasteiger partial charge in [-0.2, -0.15) is 8.78 Å². The largest absolute Gasteiger partial charge is 0.299 e. The fourth-order valence-electron chi connectivity index (χ4n) is 5.31. The zero-order valence-electron chi connectivity index (χ0n) is 12.1. The molecule has 0 bridgehead atoms. The maximum Gasteiger partial charge on any atom is 0.299 e. The lowest BCUT2D eigenvalue weighted by Crippen LogP contribution is -2.11. The molecule has 0 aliphatic heterocycles. The van der Waals surface area contributed by atoms with Crippen LogP contribution < -0.4 is 0 Å². The zero-order chi connectivity index (χ0) is 15.1. The van der Waals surface area contributed by atoms with Crippen molar-refractivity contribution in [1.82, 2.24) is 0 Å². The molecule has 2 heteroatoms. The first-order chi connectivity index (χ1) is 11.2. The van der Waals surface area contributed by atoms with Crippen molar-refractivity contribution in [2.24, 2.45) is 0 Å². The molecular weight excluding hydrogens is 290 g/mol. The van der Waals surface area contributed by atoms with Gasteiger partial charge in [-0.05, 0) is 56.6 Å². The van der Waals surface area contributed by atoms with Crippen LogP contribution in [0.25, 0.3) is 32.3 Å². The van der Waals surface area contributed by atoms with Crippen molar-refractivity contribution in [3.05, 3.63) is 69.8 Å². The molecule has 4 aromatic carbocycles. The van der Waals surface area contributed by atoms with Crippen LogP contribution in [0.1, 0.15) is 33.4 Å². The summed E-state index contributed by atoms with van der Waals surface area (Å²) in [4.78, 5) is 0. The zero-order valence-corrected chi connectivity index (χ0v) is 12.1. The first-order valence-electron chi connectivity index (χ1n) is 8.02. The lowest BCUT2D eigenvalue weighted by molar-refractivity contribution is 0.0486. The quantitative estimate of drug-likeness (QED) is 0.329. The Morgan fingerprint density at radius 3 is 1.30 bits per heavy atom. The number of halogens is 2. The second-order valence-corrected chi connectivity index (χ2v) is 7.11. The van der Waals surface area contributed by atoms with Gasteiger partial charge in [0.05, 0.1) is 0 Å². The van der Waals surface area contributed by atoms with E-state index in [9.17, 15) is 0 Å². The summed E-state index contributed by atoms with van der Waals surface area (Å²) in [5.41, 5.74) is 5.42. The molecule has 0 heterocycles. The Hall–Kier alpha value is -2.48. The van der Waals surface area contributed by atoms with Crippen LogP contribution in [0.2, 0.25) is 0 Å². The second kappa shape index (κ2) is 2.96. The Labute approximate surface area is 130 Å². The summed E-state index contributed by atoms with van der Waals surface area (Å²) in [5.74, 6) is -2.87. The van der Waals surface area contributed by atoms with Gasteiger partial charge in [-0.15, -0.1) is 0 Å². The Morgan fingerprint density at radius 1 is 0.522 bits per heavy atom. The first kappa shape index (κ1) is 11.1. The lowest BCUT2D eigenvalue weighted by Gasteiger charge is -2.13. The van der Waals surface area contributed by atoms with Crippen LogP contribution >= 0.6 is 0 Å². The molecule has 0 fully saturated rings. The molecule has 0 spiro atoms. The summed E-state index contributed by atoms with van der Waals surface area (Å²) in [6.07, 6.45) is 1.74. The van der Waals surface area contributed by atoms with Gasteiger partial charge in [0.2, 0.25) is 0 Å². The van der Waals surface area contributed by atoms with Crippen molar-refractivity contribution in [3.63, 3.8) is 0 Å². The van der Waals surface area contributed by atoms with Gasteiger partial charge in [0.25, 0.3) is 5.92 Å². The van der Waals surface area contributed by atoms with Crippen LogP contribution in [0, 0.1) is 0 Å². The van der Waals surface area contributed by atoms with Crippen molar-refractivity contribution in [2.75, 3.05) is 0 Å². The number of hydrogen-bond donors (Lipinski definition) is 0. The maximum atomic E-state index is 15.0. The van der Waals surface area contributed by atoms with Crippen LogP contribution in [0.4, 0.5) is 8.78 Å². The van der Waals surface area contributed by atoms with Gasteiger partial charge >= 0.3 is 0 Å². The van der Waals surface area contributed by atoms with E-state index in [1.165, 1.54) is 33.0 Å². The highest BCUT2D eigenvalue weighted by molar-refractivity contribution is 6.33. The average Bonchev–Trinajstić information content (AvgIpc) is 3.15. The SMILES string of the molecule is FC1(F)c2ccc3c4c5c(ccc6c5c5c(ccc1c5c24)C6)C3. The van der Waals surface area contributed by atoms with E-state index in [0.717, 1.165) is 34.4 Å². The maximum absolute atomic E-state index is 15.0.